The lowest BCUT2D eigenvalue weighted by molar-refractivity contribution is 0.0189. The van der Waals surface area contributed by atoms with Gasteiger partial charge in [-0.1, -0.05) is 18.2 Å². The number of aryl methyl sites for hydroxylation is 3. The van der Waals surface area contributed by atoms with Gasteiger partial charge in [0.25, 0.3) is 0 Å². The first-order valence-electron chi connectivity index (χ1n) is 12.5. The van der Waals surface area contributed by atoms with E-state index in [9.17, 15) is 0 Å². The minimum atomic E-state index is -0.741. The summed E-state index contributed by atoms with van der Waals surface area (Å²) in [6.07, 6.45) is 4.62. The Kier molecular flexibility index (Phi) is 5.61. The summed E-state index contributed by atoms with van der Waals surface area (Å²) in [5.41, 5.74) is 5.82. The highest BCUT2D eigenvalue weighted by Gasteiger charge is 2.57. The summed E-state index contributed by atoms with van der Waals surface area (Å²) >= 11 is 0. The molecular formula is C27H31N7O2. The molecule has 0 bridgehead atoms. The van der Waals surface area contributed by atoms with Gasteiger partial charge in [0, 0.05) is 31.3 Å². The summed E-state index contributed by atoms with van der Waals surface area (Å²) in [5.74, 6) is 2.10. The third-order valence-corrected chi connectivity index (χ3v) is 7.54. The summed E-state index contributed by atoms with van der Waals surface area (Å²) in [4.78, 5) is 12.9. The first-order valence-corrected chi connectivity index (χ1v) is 12.5. The highest BCUT2D eigenvalue weighted by molar-refractivity contribution is 5.61. The molecule has 4 unspecified atom stereocenters. The van der Waals surface area contributed by atoms with Crippen LogP contribution in [0.2, 0.25) is 0 Å². The normalized spacial score (nSPS) is 24.8. The lowest BCUT2D eigenvalue weighted by Gasteiger charge is -2.46. The van der Waals surface area contributed by atoms with E-state index in [-0.39, 0.29) is 18.0 Å². The third-order valence-electron chi connectivity index (χ3n) is 7.54. The first kappa shape index (κ1) is 22.9. The van der Waals surface area contributed by atoms with E-state index >= 15 is 0 Å². The van der Waals surface area contributed by atoms with Crippen molar-refractivity contribution in [1.29, 1.82) is 0 Å². The van der Waals surface area contributed by atoms with Crippen LogP contribution in [0.3, 0.4) is 0 Å². The van der Waals surface area contributed by atoms with E-state index in [0.29, 0.717) is 25.0 Å². The van der Waals surface area contributed by atoms with Crippen LogP contribution in [0.5, 0.6) is 0 Å². The summed E-state index contributed by atoms with van der Waals surface area (Å²) in [5, 5.41) is 16.2. The lowest BCUT2D eigenvalue weighted by atomic mass is 9.73. The standard InChI is InChI=1S/C27H31N7O2/c1-5-35-14-27(26-34-33-17(4)36-26)24-19(18-8-6-7-9-20(18)30-24)11-22(32-27)25-29-13-23(31-25)21-10-15(2)16(3)12-28-21/h6-10,12-13,19,22,24,30,32H,5,11,14H2,1-4H3,(H,29,31). The summed E-state index contributed by atoms with van der Waals surface area (Å²) in [6.45, 7) is 8.94. The van der Waals surface area contributed by atoms with Gasteiger partial charge in [0.05, 0.1) is 36.3 Å². The van der Waals surface area contributed by atoms with Gasteiger partial charge in [0.1, 0.15) is 11.4 Å². The van der Waals surface area contributed by atoms with E-state index in [0.717, 1.165) is 29.3 Å². The maximum Gasteiger partial charge on any atom is 0.241 e. The summed E-state index contributed by atoms with van der Waals surface area (Å²) in [7, 11) is 0. The van der Waals surface area contributed by atoms with Gasteiger partial charge < -0.3 is 19.5 Å². The zero-order valence-electron chi connectivity index (χ0n) is 21.0. The molecular weight excluding hydrogens is 454 g/mol. The number of para-hydroxylation sites is 1. The largest absolute Gasteiger partial charge is 0.423 e. The van der Waals surface area contributed by atoms with Gasteiger partial charge in [-0.15, -0.1) is 10.2 Å². The predicted octanol–water partition coefficient (Wildman–Crippen LogP) is 4.32. The van der Waals surface area contributed by atoms with Crippen molar-refractivity contribution in [2.45, 2.75) is 57.7 Å². The SMILES string of the molecule is CCOCC1(c2nnc(C)o2)NC(c2ncc(-c3cc(C)c(C)cn3)[nH]2)CC2c3ccccc3NC21. The van der Waals surface area contributed by atoms with Crippen molar-refractivity contribution in [3.05, 3.63) is 77.0 Å². The van der Waals surface area contributed by atoms with Crippen LogP contribution in [-0.4, -0.2) is 44.4 Å². The number of H-pyrrole nitrogens is 1. The molecule has 2 aliphatic rings. The molecule has 9 heteroatoms. The molecule has 0 amide bonds. The van der Waals surface area contributed by atoms with Crippen molar-refractivity contribution < 1.29 is 9.15 Å². The second-order valence-electron chi connectivity index (χ2n) is 9.82. The highest BCUT2D eigenvalue weighted by Crippen LogP contribution is 2.51. The van der Waals surface area contributed by atoms with Crippen molar-refractivity contribution in [1.82, 2.24) is 30.5 Å². The smallest absolute Gasteiger partial charge is 0.241 e. The van der Waals surface area contributed by atoms with E-state index < -0.39 is 5.54 Å². The molecule has 0 aliphatic carbocycles. The number of hydrogen-bond acceptors (Lipinski definition) is 8. The molecule has 6 rings (SSSR count). The number of nitrogens with zero attached hydrogens (tertiary/aromatic N) is 4. The monoisotopic (exact) mass is 485 g/mol. The van der Waals surface area contributed by atoms with E-state index in [4.69, 9.17) is 14.1 Å². The van der Waals surface area contributed by atoms with E-state index in [1.807, 2.05) is 26.2 Å². The van der Waals surface area contributed by atoms with Crippen LogP contribution < -0.4 is 10.6 Å². The molecule has 36 heavy (non-hydrogen) atoms. The van der Waals surface area contributed by atoms with E-state index in [1.165, 1.54) is 16.7 Å². The number of ether oxygens (including phenoxy) is 1. The molecule has 1 aromatic carbocycles. The zero-order chi connectivity index (χ0) is 24.9. The molecule has 2 aliphatic heterocycles. The Balaban J connectivity index is 1.43. The number of hydrogen-bond donors (Lipinski definition) is 3. The molecule has 5 heterocycles. The Morgan fingerprint density at radius 1 is 1.08 bits per heavy atom. The summed E-state index contributed by atoms with van der Waals surface area (Å²) < 4.78 is 12.1. The fraction of sp³-hybridized carbons (Fsp3) is 0.407. The number of aromatic nitrogens is 5. The van der Waals surface area contributed by atoms with Gasteiger partial charge in [-0.25, -0.2) is 4.98 Å². The average Bonchev–Trinajstić information content (AvgIpc) is 3.63. The lowest BCUT2D eigenvalue weighted by Crippen LogP contribution is -2.63. The minimum absolute atomic E-state index is 0.0200. The number of pyridine rings is 1. The van der Waals surface area contributed by atoms with E-state index in [1.54, 1.807) is 0 Å². The van der Waals surface area contributed by atoms with Gasteiger partial charge >= 0.3 is 0 Å². The average molecular weight is 486 g/mol. The Hall–Kier alpha value is -3.56. The number of piperidine rings is 1. The van der Waals surface area contributed by atoms with Gasteiger partial charge in [0.2, 0.25) is 11.8 Å². The Labute approximate surface area is 210 Å². The van der Waals surface area contributed by atoms with Crippen LogP contribution in [0.1, 0.15) is 59.6 Å². The number of benzene rings is 1. The maximum atomic E-state index is 6.07. The van der Waals surface area contributed by atoms with Crippen molar-refractivity contribution in [3.63, 3.8) is 0 Å². The molecule has 3 aromatic heterocycles. The van der Waals surface area contributed by atoms with Crippen molar-refractivity contribution in [2.24, 2.45) is 0 Å². The van der Waals surface area contributed by atoms with Crippen molar-refractivity contribution in [3.8, 4) is 11.4 Å². The second-order valence-corrected chi connectivity index (χ2v) is 9.82. The third kappa shape index (κ3) is 3.70. The fourth-order valence-corrected chi connectivity index (χ4v) is 5.57. The molecule has 3 N–H and O–H groups in total. The van der Waals surface area contributed by atoms with Gasteiger partial charge in [-0.3, -0.25) is 10.3 Å². The molecule has 1 saturated heterocycles. The van der Waals surface area contributed by atoms with Crippen LogP contribution >= 0.6 is 0 Å². The Bertz CT molecular complexity index is 1400. The molecule has 0 spiro atoms. The Morgan fingerprint density at radius 3 is 2.72 bits per heavy atom. The van der Waals surface area contributed by atoms with E-state index in [2.05, 4.69) is 75.0 Å². The fourth-order valence-electron chi connectivity index (χ4n) is 5.57. The van der Waals surface area contributed by atoms with Crippen LogP contribution in [-0.2, 0) is 10.3 Å². The topological polar surface area (TPSA) is 114 Å². The molecule has 0 radical (unpaired) electrons. The number of anilines is 1. The van der Waals surface area contributed by atoms with Crippen LogP contribution in [0.4, 0.5) is 5.69 Å². The number of imidazole rings is 1. The maximum absolute atomic E-state index is 6.07. The molecule has 1 fully saturated rings. The Morgan fingerprint density at radius 2 is 1.94 bits per heavy atom. The van der Waals surface area contributed by atoms with Crippen LogP contribution in [0.25, 0.3) is 11.4 Å². The molecule has 4 atom stereocenters. The summed E-state index contributed by atoms with van der Waals surface area (Å²) in [6, 6.07) is 10.5. The first-order chi connectivity index (χ1) is 17.5. The van der Waals surface area contributed by atoms with Crippen molar-refractivity contribution >= 4 is 5.69 Å². The predicted molar refractivity (Wildman–Crippen MR) is 136 cm³/mol. The molecule has 186 valence electrons. The molecule has 4 aromatic rings. The van der Waals surface area contributed by atoms with Gasteiger partial charge in [0.15, 0.2) is 0 Å². The number of aromatic amines is 1. The minimum Gasteiger partial charge on any atom is -0.423 e. The van der Waals surface area contributed by atoms with Gasteiger partial charge in [-0.2, -0.15) is 0 Å². The quantitative estimate of drug-likeness (QED) is 0.370. The molecule has 0 saturated carbocycles. The zero-order valence-corrected chi connectivity index (χ0v) is 21.0. The number of fused-ring (bicyclic) bond motifs is 3. The van der Waals surface area contributed by atoms with Crippen molar-refractivity contribution in [2.75, 3.05) is 18.5 Å². The second kappa shape index (κ2) is 8.83. The van der Waals surface area contributed by atoms with Gasteiger partial charge in [-0.05, 0) is 56.0 Å². The number of rotatable bonds is 6. The molecule has 9 nitrogen and oxygen atoms in total. The van der Waals surface area contributed by atoms with Crippen LogP contribution in [0.15, 0.2) is 47.1 Å². The van der Waals surface area contributed by atoms with Crippen LogP contribution in [0, 0.1) is 20.8 Å². The highest BCUT2D eigenvalue weighted by atomic mass is 16.5. The number of nitrogens with one attached hydrogen (secondary N) is 3.